The van der Waals surface area contributed by atoms with Crippen molar-refractivity contribution in [3.8, 4) is 0 Å². The van der Waals surface area contributed by atoms with Crippen molar-refractivity contribution >= 4 is 36.0 Å². The fraction of sp³-hybridized carbons (Fsp3) is 0.529. The summed E-state index contributed by atoms with van der Waals surface area (Å²) in [6.45, 7) is 6.76. The van der Waals surface area contributed by atoms with Crippen LogP contribution in [0.1, 0.15) is 0 Å². The van der Waals surface area contributed by atoms with Gasteiger partial charge in [-0.3, -0.25) is 20.4 Å². The lowest BCUT2D eigenvalue weighted by molar-refractivity contribution is -0.136. The van der Waals surface area contributed by atoms with Gasteiger partial charge in [0, 0.05) is 45.0 Å². The third-order valence-corrected chi connectivity index (χ3v) is 4.58. The first kappa shape index (κ1) is 20.4. The zero-order valence-corrected chi connectivity index (χ0v) is 15.5. The minimum absolute atomic E-state index is 0. The summed E-state index contributed by atoms with van der Waals surface area (Å²) < 4.78 is 5.29. The number of hydrogen-bond donors (Lipinski definition) is 2. The molecule has 2 aliphatic heterocycles. The van der Waals surface area contributed by atoms with E-state index in [9.17, 15) is 4.79 Å². The van der Waals surface area contributed by atoms with E-state index in [1.165, 1.54) is 6.34 Å². The number of hydrogen-bond acceptors (Lipinski definition) is 6. The lowest BCUT2D eigenvalue weighted by Crippen LogP contribution is -2.51. The number of halogens is 1. The van der Waals surface area contributed by atoms with E-state index in [4.69, 9.17) is 9.94 Å². The zero-order chi connectivity index (χ0) is 17.5. The van der Waals surface area contributed by atoms with Crippen LogP contribution < -0.4 is 10.4 Å². The van der Waals surface area contributed by atoms with Gasteiger partial charge in [-0.25, -0.2) is 4.99 Å². The first-order valence-electron chi connectivity index (χ1n) is 8.61. The first-order valence-corrected chi connectivity index (χ1v) is 8.61. The second-order valence-electron chi connectivity index (χ2n) is 6.16. The number of amides is 1. The van der Waals surface area contributed by atoms with Crippen molar-refractivity contribution in [2.45, 2.75) is 0 Å². The number of rotatable bonds is 5. The van der Waals surface area contributed by atoms with E-state index in [2.05, 4.69) is 14.8 Å². The Morgan fingerprint density at radius 1 is 1.12 bits per heavy atom. The Morgan fingerprint density at radius 3 is 2.38 bits per heavy atom. The van der Waals surface area contributed by atoms with Crippen molar-refractivity contribution in [1.29, 1.82) is 0 Å². The van der Waals surface area contributed by atoms with Gasteiger partial charge in [0.25, 0.3) is 0 Å². The van der Waals surface area contributed by atoms with Crippen LogP contribution in [0.25, 0.3) is 0 Å². The lowest BCUT2D eigenvalue weighted by atomic mass is 10.2. The predicted octanol–water partition coefficient (Wildman–Crippen LogP) is 0.728. The van der Waals surface area contributed by atoms with Crippen LogP contribution in [0.5, 0.6) is 0 Å². The number of hydroxylamine groups is 1. The van der Waals surface area contributed by atoms with Gasteiger partial charge in [0.2, 0.25) is 5.91 Å². The Morgan fingerprint density at radius 2 is 1.77 bits per heavy atom. The molecule has 3 rings (SSSR count). The summed E-state index contributed by atoms with van der Waals surface area (Å²) in [5, 5.41) is 8.51. The monoisotopic (exact) mass is 383 g/mol. The van der Waals surface area contributed by atoms with Crippen molar-refractivity contribution in [3.05, 3.63) is 24.3 Å². The summed E-state index contributed by atoms with van der Waals surface area (Å²) in [6, 6.07) is 7.88. The molecule has 0 aliphatic carbocycles. The van der Waals surface area contributed by atoms with E-state index in [1.807, 2.05) is 34.6 Å². The molecule has 0 atom stereocenters. The molecule has 0 radical (unpaired) electrons. The van der Waals surface area contributed by atoms with Crippen LogP contribution in [0.3, 0.4) is 0 Å². The fourth-order valence-corrected chi connectivity index (χ4v) is 3.12. The third kappa shape index (κ3) is 5.57. The molecule has 9 heteroatoms. The van der Waals surface area contributed by atoms with Crippen molar-refractivity contribution in [1.82, 2.24) is 15.3 Å². The highest BCUT2D eigenvalue weighted by Gasteiger charge is 2.23. The third-order valence-electron chi connectivity index (χ3n) is 4.58. The maximum Gasteiger partial charge on any atom is 0.236 e. The summed E-state index contributed by atoms with van der Waals surface area (Å²) in [5.41, 5.74) is 3.82. The fourth-order valence-electron chi connectivity index (χ4n) is 3.12. The number of nitrogens with one attached hydrogen (secondary N) is 1. The first-order chi connectivity index (χ1) is 12.3. The Kier molecular flexibility index (Phi) is 8.11. The van der Waals surface area contributed by atoms with E-state index in [0.717, 1.165) is 37.6 Å². The highest BCUT2D eigenvalue weighted by molar-refractivity contribution is 5.85. The number of benzene rings is 1. The van der Waals surface area contributed by atoms with Gasteiger partial charge >= 0.3 is 0 Å². The number of piperazine rings is 1. The van der Waals surface area contributed by atoms with Gasteiger partial charge in [-0.05, 0) is 24.3 Å². The molecule has 2 heterocycles. The second kappa shape index (κ2) is 10.3. The number of carbonyl (C=O) groups excluding carboxylic acids is 1. The van der Waals surface area contributed by atoms with E-state index in [0.29, 0.717) is 32.8 Å². The highest BCUT2D eigenvalue weighted by Crippen LogP contribution is 2.20. The minimum Gasteiger partial charge on any atom is -0.378 e. The van der Waals surface area contributed by atoms with E-state index in [1.54, 1.807) is 0 Å². The molecule has 1 amide bonds. The molecule has 2 N–H and O–H groups in total. The van der Waals surface area contributed by atoms with Crippen molar-refractivity contribution < 1.29 is 14.7 Å². The van der Waals surface area contributed by atoms with Gasteiger partial charge in [0.05, 0.1) is 25.4 Å². The molecule has 1 aromatic carbocycles. The smallest absolute Gasteiger partial charge is 0.236 e. The quantitative estimate of drug-likeness (QED) is 0.443. The minimum atomic E-state index is 0. The zero-order valence-electron chi connectivity index (χ0n) is 14.7. The molecule has 8 nitrogen and oxygen atoms in total. The molecule has 0 spiro atoms. The highest BCUT2D eigenvalue weighted by atomic mass is 35.5. The predicted molar refractivity (Wildman–Crippen MR) is 103 cm³/mol. The maximum atomic E-state index is 12.3. The summed E-state index contributed by atoms with van der Waals surface area (Å²) in [4.78, 5) is 22.8. The average molecular weight is 384 g/mol. The molecule has 2 fully saturated rings. The molecule has 0 unspecified atom stereocenters. The van der Waals surface area contributed by atoms with Crippen molar-refractivity contribution in [2.75, 3.05) is 63.9 Å². The molecule has 2 aliphatic rings. The Balaban J connectivity index is 0.00000243. The topological polar surface area (TPSA) is 80.6 Å². The van der Waals surface area contributed by atoms with Gasteiger partial charge < -0.3 is 14.5 Å². The van der Waals surface area contributed by atoms with Crippen LogP contribution in [-0.4, -0.2) is 86.3 Å². The SMILES string of the molecule is Cl.O=C(CN1CCN(c2ccc(N=CNO)cc2)CC1)N1CCOCC1. The summed E-state index contributed by atoms with van der Waals surface area (Å²) in [5.74, 6) is 0.205. The summed E-state index contributed by atoms with van der Waals surface area (Å²) in [7, 11) is 0. The lowest BCUT2D eigenvalue weighted by Gasteiger charge is -2.37. The van der Waals surface area contributed by atoms with E-state index in [-0.39, 0.29) is 18.3 Å². The van der Waals surface area contributed by atoms with Crippen LogP contribution in [0.2, 0.25) is 0 Å². The number of aliphatic imine (C=N–C) groups is 1. The number of morpholine rings is 1. The molecular weight excluding hydrogens is 358 g/mol. The molecule has 0 bridgehead atoms. The van der Waals surface area contributed by atoms with E-state index < -0.39 is 0 Å². The normalized spacial score (nSPS) is 18.7. The molecule has 144 valence electrons. The molecule has 2 saturated heterocycles. The Bertz CT molecular complexity index is 585. The van der Waals surface area contributed by atoms with Crippen LogP contribution >= 0.6 is 12.4 Å². The maximum absolute atomic E-state index is 12.3. The van der Waals surface area contributed by atoms with Gasteiger partial charge in [-0.15, -0.1) is 12.4 Å². The van der Waals surface area contributed by atoms with Crippen LogP contribution in [0.15, 0.2) is 29.3 Å². The number of carbonyl (C=O) groups is 1. The average Bonchev–Trinajstić information content (AvgIpc) is 2.68. The van der Waals surface area contributed by atoms with Gasteiger partial charge in [-0.1, -0.05) is 0 Å². The molecule has 0 aromatic heterocycles. The molecule has 0 saturated carbocycles. The Labute approximate surface area is 159 Å². The molecular formula is C17H26ClN5O3. The van der Waals surface area contributed by atoms with Crippen molar-refractivity contribution in [3.63, 3.8) is 0 Å². The van der Waals surface area contributed by atoms with Crippen LogP contribution in [0.4, 0.5) is 11.4 Å². The number of anilines is 1. The Hall–Kier alpha value is -1.87. The van der Waals surface area contributed by atoms with Crippen LogP contribution in [0, 0.1) is 0 Å². The largest absolute Gasteiger partial charge is 0.378 e. The second-order valence-corrected chi connectivity index (χ2v) is 6.16. The molecule has 1 aromatic rings. The molecule has 26 heavy (non-hydrogen) atoms. The number of nitrogens with zero attached hydrogens (tertiary/aromatic N) is 4. The van der Waals surface area contributed by atoms with Gasteiger partial charge in [-0.2, -0.15) is 0 Å². The van der Waals surface area contributed by atoms with Crippen LogP contribution in [-0.2, 0) is 9.53 Å². The number of ether oxygens (including phenoxy) is 1. The summed E-state index contributed by atoms with van der Waals surface area (Å²) >= 11 is 0. The van der Waals surface area contributed by atoms with Crippen molar-refractivity contribution in [2.24, 2.45) is 4.99 Å². The van der Waals surface area contributed by atoms with E-state index >= 15 is 0 Å². The van der Waals surface area contributed by atoms with Gasteiger partial charge in [0.1, 0.15) is 6.34 Å². The standard InChI is InChI=1S/C17H25N5O3.ClH/c23-17(22-9-11-25-12-10-22)13-20-5-7-21(8-6-20)16-3-1-15(2-4-16)18-14-19-24;/h1-4,14,24H,5-13H2,(H,18,19);1H. The van der Waals surface area contributed by atoms with Gasteiger partial charge in [0.15, 0.2) is 0 Å². The summed E-state index contributed by atoms with van der Waals surface area (Å²) in [6.07, 6.45) is 1.24.